The third-order valence-corrected chi connectivity index (χ3v) is 2.92. The number of primary amides is 1. The van der Waals surface area contributed by atoms with Crippen molar-refractivity contribution in [1.82, 2.24) is 10.2 Å². The van der Waals surface area contributed by atoms with Crippen LogP contribution in [0, 0.1) is 0 Å². The van der Waals surface area contributed by atoms with Gasteiger partial charge in [-0.1, -0.05) is 6.92 Å². The number of amides is 1. The molecule has 82 valence electrons. The summed E-state index contributed by atoms with van der Waals surface area (Å²) in [4.78, 5) is 13.0. The predicted octanol–water partition coefficient (Wildman–Crippen LogP) is -0.0659. The zero-order valence-electron chi connectivity index (χ0n) is 9.12. The molecule has 0 aliphatic carbocycles. The average Bonchev–Trinajstić information content (AvgIpc) is 2.15. The molecule has 0 saturated carbocycles. The van der Waals surface area contributed by atoms with Gasteiger partial charge in [-0.2, -0.15) is 0 Å². The Labute approximate surface area is 85.8 Å². The van der Waals surface area contributed by atoms with Crippen LogP contribution < -0.4 is 11.1 Å². The van der Waals surface area contributed by atoms with Gasteiger partial charge in [-0.3, -0.25) is 9.69 Å². The van der Waals surface area contributed by atoms with Gasteiger partial charge in [-0.05, 0) is 26.3 Å². The van der Waals surface area contributed by atoms with Gasteiger partial charge in [0.2, 0.25) is 5.91 Å². The highest BCUT2D eigenvalue weighted by Gasteiger charge is 2.23. The van der Waals surface area contributed by atoms with Gasteiger partial charge >= 0.3 is 0 Å². The van der Waals surface area contributed by atoms with Gasteiger partial charge in [0.05, 0.1) is 6.54 Å². The minimum Gasteiger partial charge on any atom is -0.369 e. The van der Waals surface area contributed by atoms with E-state index in [1.54, 1.807) is 0 Å². The largest absolute Gasteiger partial charge is 0.369 e. The summed E-state index contributed by atoms with van der Waals surface area (Å²) in [5.41, 5.74) is 5.20. The highest BCUT2D eigenvalue weighted by atomic mass is 16.1. The summed E-state index contributed by atoms with van der Waals surface area (Å²) in [5, 5.41) is 3.43. The van der Waals surface area contributed by atoms with Crippen LogP contribution in [-0.4, -0.2) is 42.5 Å². The molecule has 3 N–H and O–H groups in total. The third kappa shape index (κ3) is 3.27. The molecule has 0 bridgehead atoms. The molecule has 4 nitrogen and oxygen atoms in total. The van der Waals surface area contributed by atoms with Crippen molar-refractivity contribution in [2.75, 3.05) is 19.6 Å². The molecule has 4 heteroatoms. The van der Waals surface area contributed by atoms with Gasteiger partial charge in [0, 0.05) is 18.6 Å². The summed E-state index contributed by atoms with van der Waals surface area (Å²) < 4.78 is 0. The minimum absolute atomic E-state index is 0.231. The maximum Gasteiger partial charge on any atom is 0.231 e. The Morgan fingerprint density at radius 1 is 1.57 bits per heavy atom. The van der Waals surface area contributed by atoms with Crippen molar-refractivity contribution in [3.05, 3.63) is 0 Å². The molecule has 0 aromatic carbocycles. The Morgan fingerprint density at radius 2 is 2.29 bits per heavy atom. The Hall–Kier alpha value is -0.610. The van der Waals surface area contributed by atoms with Gasteiger partial charge in [-0.25, -0.2) is 0 Å². The molecule has 2 unspecified atom stereocenters. The van der Waals surface area contributed by atoms with Crippen molar-refractivity contribution in [2.45, 2.75) is 38.8 Å². The normalized spacial score (nSPS) is 27.9. The van der Waals surface area contributed by atoms with E-state index in [2.05, 4.69) is 24.1 Å². The van der Waals surface area contributed by atoms with Gasteiger partial charge in [0.15, 0.2) is 0 Å². The fourth-order valence-electron chi connectivity index (χ4n) is 1.99. The molecule has 2 atom stereocenters. The van der Waals surface area contributed by atoms with Crippen molar-refractivity contribution >= 4 is 5.91 Å². The maximum atomic E-state index is 10.8. The fourth-order valence-corrected chi connectivity index (χ4v) is 1.99. The quantitative estimate of drug-likeness (QED) is 0.666. The molecule has 1 heterocycles. The van der Waals surface area contributed by atoms with E-state index in [0.717, 1.165) is 19.5 Å². The van der Waals surface area contributed by atoms with Gasteiger partial charge in [0.1, 0.15) is 0 Å². The highest BCUT2D eigenvalue weighted by Crippen LogP contribution is 2.13. The second-order valence-corrected chi connectivity index (χ2v) is 4.07. The zero-order valence-corrected chi connectivity index (χ0v) is 9.12. The number of carbonyl (C=O) groups excluding carboxylic acids is 1. The minimum atomic E-state index is -0.231. The monoisotopic (exact) mass is 199 g/mol. The van der Waals surface area contributed by atoms with E-state index in [-0.39, 0.29) is 5.91 Å². The Morgan fingerprint density at radius 3 is 2.71 bits per heavy atom. The Balaban J connectivity index is 2.40. The molecule has 1 amide bonds. The molecule has 1 saturated heterocycles. The summed E-state index contributed by atoms with van der Waals surface area (Å²) in [6.45, 7) is 6.52. The van der Waals surface area contributed by atoms with Gasteiger partial charge in [-0.15, -0.1) is 0 Å². The summed E-state index contributed by atoms with van der Waals surface area (Å²) >= 11 is 0. The first-order valence-corrected chi connectivity index (χ1v) is 5.39. The molecule has 1 aliphatic rings. The van der Waals surface area contributed by atoms with E-state index < -0.39 is 0 Å². The number of nitrogens with two attached hydrogens (primary N) is 1. The molecule has 0 radical (unpaired) electrons. The number of hydrogen-bond acceptors (Lipinski definition) is 3. The molecule has 1 fully saturated rings. The SMILES string of the molecule is CCN(CC(N)=O)C1CCC(C)NC1. The maximum absolute atomic E-state index is 10.8. The first-order chi connectivity index (χ1) is 6.63. The second kappa shape index (κ2) is 5.32. The number of piperidine rings is 1. The summed E-state index contributed by atoms with van der Waals surface area (Å²) in [6, 6.07) is 1.09. The van der Waals surface area contributed by atoms with Crippen LogP contribution in [0.2, 0.25) is 0 Å². The topological polar surface area (TPSA) is 58.4 Å². The number of nitrogens with one attached hydrogen (secondary N) is 1. The lowest BCUT2D eigenvalue weighted by atomic mass is 10.0. The van der Waals surface area contributed by atoms with E-state index in [4.69, 9.17) is 5.73 Å². The van der Waals surface area contributed by atoms with Crippen molar-refractivity contribution in [1.29, 1.82) is 0 Å². The van der Waals surface area contributed by atoms with Crippen LogP contribution in [0.4, 0.5) is 0 Å². The lowest BCUT2D eigenvalue weighted by Crippen LogP contribution is -2.50. The molecule has 0 spiro atoms. The van der Waals surface area contributed by atoms with E-state index in [1.165, 1.54) is 6.42 Å². The van der Waals surface area contributed by atoms with Crippen molar-refractivity contribution < 1.29 is 4.79 Å². The first kappa shape index (κ1) is 11.5. The predicted molar refractivity (Wildman–Crippen MR) is 56.9 cm³/mol. The second-order valence-electron chi connectivity index (χ2n) is 4.07. The van der Waals surface area contributed by atoms with Crippen LogP contribution in [0.1, 0.15) is 26.7 Å². The summed E-state index contributed by atoms with van der Waals surface area (Å²) in [6.07, 6.45) is 2.34. The molecule has 1 aliphatic heterocycles. The van der Waals surface area contributed by atoms with Crippen LogP contribution in [0.15, 0.2) is 0 Å². The van der Waals surface area contributed by atoms with Crippen LogP contribution in [-0.2, 0) is 4.79 Å². The standard InChI is InChI=1S/C10H21N3O/c1-3-13(7-10(11)14)9-5-4-8(2)12-6-9/h8-9,12H,3-7H2,1-2H3,(H2,11,14). The van der Waals surface area contributed by atoms with Crippen molar-refractivity contribution in [3.63, 3.8) is 0 Å². The highest BCUT2D eigenvalue weighted by molar-refractivity contribution is 5.75. The molecule has 14 heavy (non-hydrogen) atoms. The molecule has 0 aromatic heterocycles. The molecule has 0 aromatic rings. The third-order valence-electron chi connectivity index (χ3n) is 2.92. The number of carbonyl (C=O) groups is 1. The smallest absolute Gasteiger partial charge is 0.231 e. The Bertz CT molecular complexity index is 188. The number of likely N-dealkylation sites (N-methyl/N-ethyl adjacent to an activating group) is 1. The van der Waals surface area contributed by atoms with Crippen LogP contribution in [0.5, 0.6) is 0 Å². The van der Waals surface area contributed by atoms with E-state index in [0.29, 0.717) is 18.6 Å². The summed E-state index contributed by atoms with van der Waals surface area (Å²) in [5.74, 6) is -0.231. The van der Waals surface area contributed by atoms with Gasteiger partial charge in [0.25, 0.3) is 0 Å². The Kier molecular flexibility index (Phi) is 4.35. The van der Waals surface area contributed by atoms with Crippen LogP contribution >= 0.6 is 0 Å². The average molecular weight is 199 g/mol. The first-order valence-electron chi connectivity index (χ1n) is 5.39. The fraction of sp³-hybridized carbons (Fsp3) is 0.900. The zero-order chi connectivity index (χ0) is 10.6. The van der Waals surface area contributed by atoms with E-state index in [9.17, 15) is 4.79 Å². The number of rotatable bonds is 4. The van der Waals surface area contributed by atoms with E-state index >= 15 is 0 Å². The van der Waals surface area contributed by atoms with Crippen molar-refractivity contribution in [3.8, 4) is 0 Å². The molecular formula is C10H21N3O. The van der Waals surface area contributed by atoms with E-state index in [1.807, 2.05) is 0 Å². The van der Waals surface area contributed by atoms with Gasteiger partial charge < -0.3 is 11.1 Å². The molecular weight excluding hydrogens is 178 g/mol. The number of hydrogen-bond donors (Lipinski definition) is 2. The van der Waals surface area contributed by atoms with Crippen LogP contribution in [0.3, 0.4) is 0 Å². The lowest BCUT2D eigenvalue weighted by Gasteiger charge is -2.35. The number of nitrogens with zero attached hydrogens (tertiary/aromatic N) is 1. The van der Waals surface area contributed by atoms with Crippen LogP contribution in [0.25, 0.3) is 0 Å². The summed E-state index contributed by atoms with van der Waals surface area (Å²) in [7, 11) is 0. The lowest BCUT2D eigenvalue weighted by molar-refractivity contribution is -0.119. The molecule has 1 rings (SSSR count). The van der Waals surface area contributed by atoms with Crippen molar-refractivity contribution in [2.24, 2.45) is 5.73 Å².